The first-order valence-electron chi connectivity index (χ1n) is 6.21. The molecule has 2 rings (SSSR count). The lowest BCUT2D eigenvalue weighted by molar-refractivity contribution is 0.0911. The maximum Gasteiger partial charge on any atom is 0.273 e. The van der Waals surface area contributed by atoms with Crippen LogP contribution in [0.5, 0.6) is 0 Å². The smallest absolute Gasteiger partial charge is 0.273 e. The van der Waals surface area contributed by atoms with Crippen molar-refractivity contribution < 1.29 is 14.1 Å². The molecule has 0 aliphatic heterocycles. The number of nitrogens with zero attached hydrogens (tertiary/aromatic N) is 1. The molecule has 1 aromatic rings. The van der Waals surface area contributed by atoms with E-state index in [1.165, 1.54) is 0 Å². The molecule has 0 bridgehead atoms. The minimum Gasteiger partial charge on any atom is -0.377 e. The largest absolute Gasteiger partial charge is 0.377 e. The van der Waals surface area contributed by atoms with Gasteiger partial charge in [-0.15, -0.1) is 0 Å². The predicted octanol–water partition coefficient (Wildman–Crippen LogP) is 0.821. The summed E-state index contributed by atoms with van der Waals surface area (Å²) in [6.45, 7) is 0.309. The Kier molecular flexibility index (Phi) is 4.33. The zero-order chi connectivity index (χ0) is 13.0. The van der Waals surface area contributed by atoms with E-state index in [0.717, 1.165) is 25.7 Å². The standard InChI is InChI=1S/C12H19N3O3/c1-17-7-8-6-11(15-18-8)12(16)14-10-5-3-2-4-9(10)13/h6,9-10H,2-5,7,13H2,1H3,(H,14,16). The van der Waals surface area contributed by atoms with Crippen LogP contribution in [0.1, 0.15) is 41.9 Å². The van der Waals surface area contributed by atoms with Crippen LogP contribution in [0.4, 0.5) is 0 Å². The van der Waals surface area contributed by atoms with Gasteiger partial charge in [0.1, 0.15) is 6.61 Å². The van der Waals surface area contributed by atoms with Gasteiger partial charge in [0.25, 0.3) is 5.91 Å². The number of nitrogens with one attached hydrogen (secondary N) is 1. The highest BCUT2D eigenvalue weighted by Gasteiger charge is 2.24. The normalized spacial score (nSPS) is 23.9. The Morgan fingerprint density at radius 3 is 3.11 bits per heavy atom. The van der Waals surface area contributed by atoms with Crippen LogP contribution in [0.2, 0.25) is 0 Å². The quantitative estimate of drug-likeness (QED) is 0.829. The molecule has 100 valence electrons. The fourth-order valence-corrected chi connectivity index (χ4v) is 2.21. The molecule has 2 atom stereocenters. The summed E-state index contributed by atoms with van der Waals surface area (Å²) >= 11 is 0. The zero-order valence-electron chi connectivity index (χ0n) is 10.5. The molecule has 0 saturated heterocycles. The highest BCUT2D eigenvalue weighted by atomic mass is 16.5. The van der Waals surface area contributed by atoms with Crippen LogP contribution in [-0.2, 0) is 11.3 Å². The molecule has 6 heteroatoms. The summed E-state index contributed by atoms with van der Waals surface area (Å²) in [5, 5.41) is 6.63. The first kappa shape index (κ1) is 13.0. The minimum atomic E-state index is -0.233. The van der Waals surface area contributed by atoms with Gasteiger partial charge in [-0.1, -0.05) is 18.0 Å². The van der Waals surface area contributed by atoms with Gasteiger partial charge in [-0.25, -0.2) is 0 Å². The summed E-state index contributed by atoms with van der Waals surface area (Å²) in [5.41, 5.74) is 6.26. The van der Waals surface area contributed by atoms with Crippen molar-refractivity contribution in [3.8, 4) is 0 Å². The second-order valence-electron chi connectivity index (χ2n) is 4.64. The maximum absolute atomic E-state index is 11.9. The van der Waals surface area contributed by atoms with E-state index in [9.17, 15) is 4.79 Å². The van der Waals surface area contributed by atoms with E-state index in [1.54, 1.807) is 13.2 Å². The minimum absolute atomic E-state index is 0.0352. The van der Waals surface area contributed by atoms with Crippen LogP contribution >= 0.6 is 0 Å². The van der Waals surface area contributed by atoms with E-state index in [0.29, 0.717) is 12.4 Å². The first-order chi connectivity index (χ1) is 8.70. The molecule has 0 radical (unpaired) electrons. The molecule has 0 spiro atoms. The number of carbonyl (C=O) groups excluding carboxylic acids is 1. The van der Waals surface area contributed by atoms with Crippen molar-refractivity contribution in [2.24, 2.45) is 5.73 Å². The van der Waals surface area contributed by atoms with Gasteiger partial charge in [0.2, 0.25) is 0 Å². The average molecular weight is 253 g/mol. The highest BCUT2D eigenvalue weighted by Crippen LogP contribution is 2.17. The molecule has 18 heavy (non-hydrogen) atoms. The molecule has 1 fully saturated rings. The second-order valence-corrected chi connectivity index (χ2v) is 4.64. The topological polar surface area (TPSA) is 90.4 Å². The summed E-state index contributed by atoms with van der Waals surface area (Å²) in [6.07, 6.45) is 4.12. The summed E-state index contributed by atoms with van der Waals surface area (Å²) in [7, 11) is 1.56. The SMILES string of the molecule is COCc1cc(C(=O)NC2CCCCC2N)no1. The summed E-state index contributed by atoms with van der Waals surface area (Å²) in [6, 6.07) is 1.66. The number of ether oxygens (including phenoxy) is 1. The van der Waals surface area contributed by atoms with Crippen molar-refractivity contribution in [2.75, 3.05) is 7.11 Å². The third kappa shape index (κ3) is 3.08. The Bertz CT molecular complexity index is 405. The average Bonchev–Trinajstić information content (AvgIpc) is 2.81. The van der Waals surface area contributed by atoms with Crippen LogP contribution in [0.15, 0.2) is 10.6 Å². The number of aromatic nitrogens is 1. The van der Waals surface area contributed by atoms with Gasteiger partial charge in [0.05, 0.1) is 0 Å². The summed E-state index contributed by atoms with van der Waals surface area (Å²) in [5.74, 6) is 0.305. The first-order valence-corrected chi connectivity index (χ1v) is 6.21. The van der Waals surface area contributed by atoms with E-state index >= 15 is 0 Å². The lowest BCUT2D eigenvalue weighted by Crippen LogP contribution is -2.49. The van der Waals surface area contributed by atoms with Gasteiger partial charge in [-0.2, -0.15) is 0 Å². The van der Waals surface area contributed by atoms with Gasteiger partial charge in [-0.05, 0) is 12.8 Å². The van der Waals surface area contributed by atoms with Crippen molar-refractivity contribution in [3.63, 3.8) is 0 Å². The Balaban J connectivity index is 1.93. The van der Waals surface area contributed by atoms with Gasteiger partial charge in [0.15, 0.2) is 11.5 Å². The molecule has 1 aliphatic carbocycles. The molecule has 1 aromatic heterocycles. The summed E-state index contributed by atoms with van der Waals surface area (Å²) in [4.78, 5) is 11.9. The van der Waals surface area contributed by atoms with E-state index in [-0.39, 0.29) is 23.7 Å². The van der Waals surface area contributed by atoms with E-state index in [4.69, 9.17) is 15.0 Å². The lowest BCUT2D eigenvalue weighted by atomic mass is 9.91. The number of methoxy groups -OCH3 is 1. The van der Waals surface area contributed by atoms with Crippen molar-refractivity contribution >= 4 is 5.91 Å². The highest BCUT2D eigenvalue weighted by molar-refractivity contribution is 5.92. The molecule has 0 aromatic carbocycles. The molecule has 1 heterocycles. The molecule has 1 aliphatic rings. The van der Waals surface area contributed by atoms with Gasteiger partial charge < -0.3 is 20.3 Å². The Morgan fingerprint density at radius 2 is 2.39 bits per heavy atom. The third-order valence-electron chi connectivity index (χ3n) is 3.21. The Labute approximate surface area is 106 Å². The molecule has 1 amide bonds. The second kappa shape index (κ2) is 5.97. The molecule has 1 saturated carbocycles. The monoisotopic (exact) mass is 253 g/mol. The number of nitrogens with two attached hydrogens (primary N) is 1. The van der Waals surface area contributed by atoms with Crippen molar-refractivity contribution in [1.29, 1.82) is 0 Å². The fraction of sp³-hybridized carbons (Fsp3) is 0.667. The van der Waals surface area contributed by atoms with Crippen LogP contribution in [0.25, 0.3) is 0 Å². The van der Waals surface area contributed by atoms with Gasteiger partial charge in [-0.3, -0.25) is 4.79 Å². The fourth-order valence-electron chi connectivity index (χ4n) is 2.21. The van der Waals surface area contributed by atoms with Crippen molar-refractivity contribution in [2.45, 2.75) is 44.4 Å². The van der Waals surface area contributed by atoms with Crippen LogP contribution in [0, 0.1) is 0 Å². The maximum atomic E-state index is 11.9. The van der Waals surface area contributed by atoms with Crippen molar-refractivity contribution in [3.05, 3.63) is 17.5 Å². The number of amides is 1. The van der Waals surface area contributed by atoms with E-state index < -0.39 is 0 Å². The number of rotatable bonds is 4. The van der Waals surface area contributed by atoms with Crippen LogP contribution < -0.4 is 11.1 Å². The van der Waals surface area contributed by atoms with Gasteiger partial charge >= 0.3 is 0 Å². The Hall–Kier alpha value is -1.40. The third-order valence-corrected chi connectivity index (χ3v) is 3.21. The number of hydrogen-bond acceptors (Lipinski definition) is 5. The molecular weight excluding hydrogens is 234 g/mol. The predicted molar refractivity (Wildman–Crippen MR) is 64.9 cm³/mol. The Morgan fingerprint density at radius 1 is 1.61 bits per heavy atom. The van der Waals surface area contributed by atoms with Crippen LogP contribution in [-0.4, -0.2) is 30.3 Å². The van der Waals surface area contributed by atoms with Crippen LogP contribution in [0.3, 0.4) is 0 Å². The molecule has 2 unspecified atom stereocenters. The summed E-state index contributed by atoms with van der Waals surface area (Å²) < 4.78 is 9.88. The number of hydrogen-bond donors (Lipinski definition) is 2. The van der Waals surface area contributed by atoms with E-state index in [1.807, 2.05) is 0 Å². The van der Waals surface area contributed by atoms with Gasteiger partial charge in [0, 0.05) is 25.3 Å². The lowest BCUT2D eigenvalue weighted by Gasteiger charge is -2.28. The van der Waals surface area contributed by atoms with Crippen molar-refractivity contribution in [1.82, 2.24) is 10.5 Å². The molecule has 6 nitrogen and oxygen atoms in total. The zero-order valence-corrected chi connectivity index (χ0v) is 10.5. The molecule has 3 N–H and O–H groups in total. The molecular formula is C12H19N3O3. The van der Waals surface area contributed by atoms with E-state index in [2.05, 4.69) is 10.5 Å². The number of carbonyl (C=O) groups is 1.